The van der Waals surface area contributed by atoms with Gasteiger partial charge in [-0.15, -0.1) is 12.6 Å². The van der Waals surface area contributed by atoms with Gasteiger partial charge in [0.15, 0.2) is 0 Å². The zero-order chi connectivity index (χ0) is 7.11. The Morgan fingerprint density at radius 3 is 2.30 bits per heavy atom. The molecule has 1 rings (SSSR count). The summed E-state index contributed by atoms with van der Waals surface area (Å²) < 4.78 is 0. The molecule has 1 atom stereocenters. The Balaban J connectivity index is 0. The number of hydrogen-bond donors (Lipinski definition) is 0. The van der Waals surface area contributed by atoms with E-state index in [2.05, 4.69) is 19.2 Å². The molecule has 1 fully saturated rings. The van der Waals surface area contributed by atoms with Crippen LogP contribution in [0.2, 0.25) is 0 Å². The Morgan fingerprint density at radius 2 is 2.10 bits per heavy atom. The summed E-state index contributed by atoms with van der Waals surface area (Å²) in [5.74, 6) is 0. The van der Waals surface area contributed by atoms with Crippen molar-refractivity contribution in [2.24, 2.45) is 0 Å². The van der Waals surface area contributed by atoms with Crippen molar-refractivity contribution in [3.63, 3.8) is 0 Å². The molecule has 0 N–H and O–H groups in total. The molecule has 10 heavy (non-hydrogen) atoms. The van der Waals surface area contributed by atoms with E-state index < -0.39 is 0 Å². The molecule has 1 aliphatic heterocycles. The first-order chi connectivity index (χ1) is 4.43. The molecule has 63 valence electrons. The third kappa shape index (κ3) is 5.40. The fraction of sp³-hybridized carbons (Fsp3) is 0.875. The maximum atomic E-state index is 4.35. The standard InChI is InChI=1S/C6H12N.C2H5.Tc/c1-2-6-4-3-5-7-6;1-2;/h6H,2-5H2,1H3;1H2,2H3;/q2*-1;. The molecule has 1 heterocycles. The van der Waals surface area contributed by atoms with Crippen molar-refractivity contribution in [2.45, 2.75) is 39.2 Å². The first-order valence-corrected chi connectivity index (χ1v) is 3.81. The monoisotopic (exact) mass is 224 g/mol. The largest absolute Gasteiger partial charge is 0.660 e. The van der Waals surface area contributed by atoms with Gasteiger partial charge >= 0.3 is 0 Å². The van der Waals surface area contributed by atoms with E-state index in [-0.39, 0.29) is 20.1 Å². The van der Waals surface area contributed by atoms with E-state index >= 15 is 0 Å². The topological polar surface area (TPSA) is 14.1 Å². The second-order valence-corrected chi connectivity index (χ2v) is 2.11. The molecular weight excluding hydrogens is 208 g/mol. The fourth-order valence-corrected chi connectivity index (χ4v) is 1.03. The van der Waals surface area contributed by atoms with Crippen molar-refractivity contribution < 1.29 is 20.1 Å². The first kappa shape index (κ1) is 13.2. The van der Waals surface area contributed by atoms with Gasteiger partial charge in [-0.25, -0.2) is 0 Å². The second kappa shape index (κ2) is 9.61. The molecule has 1 nitrogen and oxygen atoms in total. The Kier molecular flexibility index (Phi) is 12.7. The number of nitrogens with zero attached hydrogens (tertiary/aromatic N) is 1. The summed E-state index contributed by atoms with van der Waals surface area (Å²) in [7, 11) is 0. The predicted molar refractivity (Wildman–Crippen MR) is 42.6 cm³/mol. The third-order valence-corrected chi connectivity index (χ3v) is 1.55. The SMILES string of the molecule is CCC1CCC[N-]1.[CH2-]C.[Tc]. The molecule has 0 aromatic heterocycles. The van der Waals surface area contributed by atoms with Crippen molar-refractivity contribution >= 4 is 0 Å². The number of hydrogen-bond acceptors (Lipinski definition) is 0. The molecular formula is C8H17NTc-2. The van der Waals surface area contributed by atoms with Crippen LogP contribution < -0.4 is 0 Å². The Labute approximate surface area is 78.3 Å². The van der Waals surface area contributed by atoms with Crippen molar-refractivity contribution in [1.82, 2.24) is 0 Å². The minimum Gasteiger partial charge on any atom is -0.660 e. The van der Waals surface area contributed by atoms with Crippen molar-refractivity contribution in [2.75, 3.05) is 6.54 Å². The summed E-state index contributed by atoms with van der Waals surface area (Å²) in [4.78, 5) is 0. The van der Waals surface area contributed by atoms with Gasteiger partial charge in [0.2, 0.25) is 0 Å². The van der Waals surface area contributed by atoms with Gasteiger partial charge in [0, 0.05) is 20.1 Å². The molecule has 0 spiro atoms. The normalized spacial score (nSPS) is 22.5. The zero-order valence-electron chi connectivity index (χ0n) is 6.94. The summed E-state index contributed by atoms with van der Waals surface area (Å²) in [6.07, 6.45) is 3.93. The summed E-state index contributed by atoms with van der Waals surface area (Å²) in [6, 6.07) is 0.722. The van der Waals surface area contributed by atoms with Gasteiger partial charge in [-0.3, -0.25) is 0 Å². The Bertz CT molecular complexity index is 51.2. The minimum absolute atomic E-state index is 0. The van der Waals surface area contributed by atoms with Crippen LogP contribution in [0.25, 0.3) is 5.32 Å². The molecule has 2 heteroatoms. The van der Waals surface area contributed by atoms with E-state index in [4.69, 9.17) is 0 Å². The van der Waals surface area contributed by atoms with Crippen LogP contribution in [0.3, 0.4) is 0 Å². The van der Waals surface area contributed by atoms with Crippen molar-refractivity contribution in [3.8, 4) is 0 Å². The van der Waals surface area contributed by atoms with Crippen LogP contribution in [-0.2, 0) is 20.1 Å². The summed E-state index contributed by atoms with van der Waals surface area (Å²) in [6.45, 7) is 8.33. The van der Waals surface area contributed by atoms with E-state index in [1.54, 1.807) is 6.92 Å². The maximum absolute atomic E-state index is 4.35. The van der Waals surface area contributed by atoms with Crippen molar-refractivity contribution in [3.05, 3.63) is 12.2 Å². The molecule has 1 saturated heterocycles. The predicted octanol–water partition coefficient (Wildman–Crippen LogP) is 2.77. The van der Waals surface area contributed by atoms with Crippen LogP contribution in [0.15, 0.2) is 0 Å². The second-order valence-electron chi connectivity index (χ2n) is 2.11. The summed E-state index contributed by atoms with van der Waals surface area (Å²) in [5.41, 5.74) is 0. The molecule has 0 amide bonds. The average Bonchev–Trinajstić information content (AvgIpc) is 2.43. The number of rotatable bonds is 1. The van der Waals surface area contributed by atoms with Gasteiger partial charge in [0.1, 0.15) is 0 Å². The molecule has 0 saturated carbocycles. The van der Waals surface area contributed by atoms with Crippen LogP contribution in [0.4, 0.5) is 0 Å². The van der Waals surface area contributed by atoms with Gasteiger partial charge in [0.05, 0.1) is 0 Å². The maximum Gasteiger partial charge on any atom is 0 e. The van der Waals surface area contributed by atoms with E-state index in [0.717, 1.165) is 12.6 Å². The third-order valence-electron chi connectivity index (χ3n) is 1.55. The first-order valence-electron chi connectivity index (χ1n) is 3.81. The van der Waals surface area contributed by atoms with Crippen LogP contribution in [0, 0.1) is 6.92 Å². The average molecular weight is 225 g/mol. The molecule has 0 aromatic carbocycles. The Hall–Kier alpha value is 0.609. The van der Waals surface area contributed by atoms with Gasteiger partial charge in [0.25, 0.3) is 0 Å². The van der Waals surface area contributed by atoms with E-state index in [9.17, 15) is 0 Å². The van der Waals surface area contributed by atoms with Gasteiger partial charge in [-0.05, 0) is 0 Å². The van der Waals surface area contributed by atoms with Gasteiger partial charge in [-0.1, -0.05) is 26.2 Å². The van der Waals surface area contributed by atoms with Crippen LogP contribution in [0.5, 0.6) is 0 Å². The summed E-state index contributed by atoms with van der Waals surface area (Å²) in [5, 5.41) is 4.35. The summed E-state index contributed by atoms with van der Waals surface area (Å²) >= 11 is 0. The van der Waals surface area contributed by atoms with Crippen molar-refractivity contribution in [1.29, 1.82) is 0 Å². The fourth-order valence-electron chi connectivity index (χ4n) is 1.03. The van der Waals surface area contributed by atoms with E-state index in [0.29, 0.717) is 0 Å². The molecule has 1 aliphatic rings. The smallest absolute Gasteiger partial charge is 0 e. The molecule has 0 aliphatic carbocycles. The zero-order valence-corrected chi connectivity index (χ0v) is 8.80. The quantitative estimate of drug-likeness (QED) is 0.609. The minimum atomic E-state index is 0. The molecule has 1 unspecified atom stereocenters. The van der Waals surface area contributed by atoms with E-state index in [1.807, 2.05) is 0 Å². The molecule has 1 radical (unpaired) electrons. The van der Waals surface area contributed by atoms with Crippen LogP contribution >= 0.6 is 0 Å². The van der Waals surface area contributed by atoms with E-state index in [1.165, 1.54) is 19.3 Å². The van der Waals surface area contributed by atoms with Crippen LogP contribution in [-0.4, -0.2) is 12.6 Å². The van der Waals surface area contributed by atoms with Gasteiger partial charge in [-0.2, -0.15) is 6.92 Å². The Morgan fingerprint density at radius 1 is 1.50 bits per heavy atom. The molecule has 0 aromatic rings. The van der Waals surface area contributed by atoms with Crippen LogP contribution in [0.1, 0.15) is 33.1 Å². The molecule has 0 bridgehead atoms. The van der Waals surface area contributed by atoms with Gasteiger partial charge < -0.3 is 12.2 Å².